The molecule has 1 atom stereocenters. The van der Waals surface area contributed by atoms with E-state index in [1.807, 2.05) is 39.0 Å². The van der Waals surface area contributed by atoms with E-state index in [-0.39, 0.29) is 27.8 Å². The van der Waals surface area contributed by atoms with Crippen molar-refractivity contribution in [1.29, 1.82) is 0 Å². The van der Waals surface area contributed by atoms with Crippen LogP contribution in [0.25, 0.3) is 16.5 Å². The number of carboxylic acids is 1. The number of rotatable bonds is 7. The van der Waals surface area contributed by atoms with Crippen LogP contribution in [0.5, 0.6) is 0 Å². The molecule has 3 rings (SSSR count). The van der Waals surface area contributed by atoms with Crippen LogP contribution in [-0.2, 0) is 0 Å². The summed E-state index contributed by atoms with van der Waals surface area (Å²) in [6, 6.07) is 8.20. The van der Waals surface area contributed by atoms with Crippen LogP contribution < -0.4 is 10.9 Å². The highest BCUT2D eigenvalue weighted by molar-refractivity contribution is 6.57. The van der Waals surface area contributed by atoms with Crippen molar-refractivity contribution in [2.75, 3.05) is 0 Å². The van der Waals surface area contributed by atoms with E-state index in [0.29, 0.717) is 27.9 Å². The molecule has 1 unspecified atom stereocenters. The Labute approximate surface area is 193 Å². The smallest absolute Gasteiger partial charge is 0.338 e. The molecule has 0 aliphatic rings. The number of halogens is 1. The number of aryl methyl sites for hydroxylation is 2. The topological polar surface area (TPSA) is 67.5 Å². The van der Waals surface area contributed by atoms with Gasteiger partial charge in [-0.25, -0.2) is 9.18 Å². The highest BCUT2D eigenvalue weighted by Gasteiger charge is 2.23. The summed E-state index contributed by atoms with van der Waals surface area (Å²) in [5, 5.41) is 9.98. The summed E-state index contributed by atoms with van der Waals surface area (Å²) < 4.78 is 20.6. The number of hydrogen-bond donors (Lipinski definition) is 1. The van der Waals surface area contributed by atoms with Crippen LogP contribution in [0.3, 0.4) is 0 Å². The largest absolute Gasteiger partial charge is 0.478 e. The van der Waals surface area contributed by atoms with Gasteiger partial charge in [0.05, 0.1) is 10.9 Å². The van der Waals surface area contributed by atoms with Crippen molar-refractivity contribution >= 4 is 35.3 Å². The second-order valence-electron chi connectivity index (χ2n) is 8.04. The molecule has 1 aromatic heterocycles. The highest BCUT2D eigenvalue weighted by Crippen LogP contribution is 2.28. The molecule has 3 aromatic rings. The molecule has 33 heavy (non-hydrogen) atoms. The predicted octanol–water partition coefficient (Wildman–Crippen LogP) is 5.48. The second kappa shape index (κ2) is 9.86. The number of hydrogen-bond acceptors (Lipinski definition) is 3. The number of benzene rings is 2. The molecule has 0 bridgehead atoms. The lowest BCUT2D eigenvalue weighted by Crippen LogP contribution is -2.28. The van der Waals surface area contributed by atoms with E-state index in [0.717, 1.165) is 5.56 Å². The van der Waals surface area contributed by atoms with Gasteiger partial charge in [0.2, 0.25) is 0 Å². The Bertz CT molecular complexity index is 1360. The normalized spacial score (nSPS) is 12.5. The molecule has 4 nitrogen and oxygen atoms in total. The lowest BCUT2D eigenvalue weighted by atomic mass is 9.56. The number of carbonyl (C=O) groups is 1. The predicted molar refractivity (Wildman–Crippen MR) is 132 cm³/mol. The molecule has 1 N–H and O–H groups in total. The van der Waals surface area contributed by atoms with Crippen LogP contribution in [0, 0.1) is 19.7 Å². The van der Waals surface area contributed by atoms with Crippen molar-refractivity contribution < 1.29 is 18.7 Å². The van der Waals surface area contributed by atoms with Crippen LogP contribution >= 0.6 is 0 Å². The summed E-state index contributed by atoms with van der Waals surface area (Å²) in [6.45, 7) is 11.1. The Balaban J connectivity index is 2.13. The zero-order valence-corrected chi connectivity index (χ0v) is 19.1. The molecule has 1 radical (unpaired) electrons. The molecule has 0 saturated heterocycles. The first-order valence-electron chi connectivity index (χ1n) is 10.6. The summed E-state index contributed by atoms with van der Waals surface area (Å²) in [6.07, 6.45) is 7.27. The zero-order chi connectivity index (χ0) is 24.3. The van der Waals surface area contributed by atoms with Gasteiger partial charge in [-0.3, -0.25) is 4.79 Å². The number of fused-ring (bicyclic) bond motifs is 1. The SMILES string of the molecule is C=C(/C=C\C=C/C)c1cc(=O)c2cc(C)cc(C(C)[B]c3ccc(C)c(F)c3C(=O)O)c2o1. The van der Waals surface area contributed by atoms with Crippen molar-refractivity contribution in [2.24, 2.45) is 0 Å². The second-order valence-corrected chi connectivity index (χ2v) is 8.04. The van der Waals surface area contributed by atoms with Gasteiger partial charge in [-0.1, -0.05) is 61.5 Å². The summed E-state index contributed by atoms with van der Waals surface area (Å²) in [4.78, 5) is 24.6. The number of aromatic carboxylic acids is 1. The van der Waals surface area contributed by atoms with Crippen molar-refractivity contribution in [3.8, 4) is 0 Å². The van der Waals surface area contributed by atoms with Crippen LogP contribution in [0.15, 0.2) is 70.4 Å². The maximum Gasteiger partial charge on any atom is 0.338 e. The van der Waals surface area contributed by atoms with Gasteiger partial charge in [-0.15, -0.1) is 0 Å². The third-order valence-corrected chi connectivity index (χ3v) is 5.42. The molecular formula is C27H25BFO4. The Morgan fingerprint density at radius 2 is 1.94 bits per heavy atom. The van der Waals surface area contributed by atoms with Crippen molar-refractivity contribution in [1.82, 2.24) is 0 Å². The molecule has 6 heteroatoms. The number of carboxylic acid groups (broad SMARTS) is 1. The van der Waals surface area contributed by atoms with E-state index in [9.17, 15) is 19.1 Å². The fourth-order valence-electron chi connectivity index (χ4n) is 3.71. The molecular weight excluding hydrogens is 418 g/mol. The van der Waals surface area contributed by atoms with Gasteiger partial charge in [-0.2, -0.15) is 0 Å². The van der Waals surface area contributed by atoms with E-state index in [1.54, 1.807) is 37.6 Å². The summed E-state index contributed by atoms with van der Waals surface area (Å²) >= 11 is 0. The molecule has 0 amide bonds. The van der Waals surface area contributed by atoms with E-state index >= 15 is 0 Å². The summed E-state index contributed by atoms with van der Waals surface area (Å²) in [5.41, 5.74) is 2.47. The first kappa shape index (κ1) is 24.0. The Morgan fingerprint density at radius 1 is 1.21 bits per heavy atom. The minimum Gasteiger partial charge on any atom is -0.478 e. The minimum atomic E-state index is -1.33. The van der Waals surface area contributed by atoms with Gasteiger partial charge in [0.1, 0.15) is 17.2 Å². The standard InChI is InChI=1S/C27H25BFO4/c1-6-7-8-9-16(3)23-14-22(30)20-13-15(2)12-19(26(20)33-23)18(5)28-21-11-10-17(4)25(29)24(21)27(31)32/h6-14,18H,3H2,1-2,4-5H3,(H,31,32)/b7-6-,9-8-. The van der Waals surface area contributed by atoms with Crippen molar-refractivity contribution in [3.05, 3.63) is 105 Å². The van der Waals surface area contributed by atoms with Gasteiger partial charge in [-0.05, 0) is 49.3 Å². The average Bonchev–Trinajstić information content (AvgIpc) is 2.76. The maximum atomic E-state index is 14.5. The van der Waals surface area contributed by atoms with Gasteiger partial charge >= 0.3 is 5.97 Å². The summed E-state index contributed by atoms with van der Waals surface area (Å²) in [5.74, 6) is -2.10. The first-order chi connectivity index (χ1) is 15.6. The fourth-order valence-corrected chi connectivity index (χ4v) is 3.71. The highest BCUT2D eigenvalue weighted by atomic mass is 19.1. The zero-order valence-electron chi connectivity index (χ0n) is 19.1. The van der Waals surface area contributed by atoms with Gasteiger partial charge in [0.15, 0.2) is 12.7 Å². The molecule has 0 fully saturated rings. The minimum absolute atomic E-state index is 0.198. The van der Waals surface area contributed by atoms with E-state index < -0.39 is 11.8 Å². The first-order valence-corrected chi connectivity index (χ1v) is 10.6. The molecule has 0 saturated carbocycles. The third kappa shape index (κ3) is 5.06. The van der Waals surface area contributed by atoms with Crippen molar-refractivity contribution in [2.45, 2.75) is 33.5 Å². The van der Waals surface area contributed by atoms with Gasteiger partial charge in [0.25, 0.3) is 0 Å². The summed E-state index contributed by atoms with van der Waals surface area (Å²) in [7, 11) is 1.67. The van der Waals surface area contributed by atoms with Crippen LogP contribution in [0.2, 0.25) is 0 Å². The Morgan fingerprint density at radius 3 is 2.61 bits per heavy atom. The van der Waals surface area contributed by atoms with Crippen LogP contribution in [-0.4, -0.2) is 18.4 Å². The maximum absolute atomic E-state index is 14.5. The van der Waals surface area contributed by atoms with E-state index in [4.69, 9.17) is 4.42 Å². The van der Waals surface area contributed by atoms with Gasteiger partial charge < -0.3 is 9.52 Å². The average molecular weight is 443 g/mol. The van der Waals surface area contributed by atoms with Crippen molar-refractivity contribution in [3.63, 3.8) is 0 Å². The number of allylic oxidation sites excluding steroid dienone is 5. The van der Waals surface area contributed by atoms with Gasteiger partial charge in [0, 0.05) is 11.6 Å². The Kier molecular flexibility index (Phi) is 7.17. The van der Waals surface area contributed by atoms with E-state index in [1.165, 1.54) is 13.0 Å². The van der Waals surface area contributed by atoms with Crippen LogP contribution in [0.4, 0.5) is 4.39 Å². The lowest BCUT2D eigenvalue weighted by Gasteiger charge is -2.17. The van der Waals surface area contributed by atoms with E-state index in [2.05, 4.69) is 6.58 Å². The molecule has 2 aromatic carbocycles. The third-order valence-electron chi connectivity index (χ3n) is 5.42. The lowest BCUT2D eigenvalue weighted by molar-refractivity contribution is 0.0693. The molecule has 167 valence electrons. The quantitative estimate of drug-likeness (QED) is 0.388. The Hall–Kier alpha value is -3.67. The fraction of sp³-hybridized carbons (Fsp3) is 0.185. The molecule has 1 heterocycles. The molecule has 0 aliphatic heterocycles. The molecule has 0 spiro atoms. The molecule has 0 aliphatic carbocycles. The monoisotopic (exact) mass is 443 g/mol. The van der Waals surface area contributed by atoms with Crippen LogP contribution in [0.1, 0.15) is 52.5 Å².